The number of aromatic amines is 1. The molecule has 16 nitrogen and oxygen atoms in total. The zero-order valence-corrected chi connectivity index (χ0v) is 28.1. The van der Waals surface area contributed by atoms with Gasteiger partial charge in [0.15, 0.2) is 5.82 Å². The number of imide groups is 1. The second-order valence-corrected chi connectivity index (χ2v) is 16.0. The minimum Gasteiger partial charge on any atom is -0.443 e. The van der Waals surface area contributed by atoms with Gasteiger partial charge in [-0.25, -0.2) is 19.3 Å². The number of H-pyrrole nitrogens is 1. The molecule has 0 saturated carbocycles. The summed E-state index contributed by atoms with van der Waals surface area (Å²) in [4.78, 5) is 62.4. The van der Waals surface area contributed by atoms with Gasteiger partial charge in [-0.1, -0.05) is 0 Å². The molecule has 0 spiro atoms. The predicted molar refractivity (Wildman–Crippen MR) is 162 cm³/mol. The minimum atomic E-state index is -2.99. The fourth-order valence-corrected chi connectivity index (χ4v) is 6.17. The lowest BCUT2D eigenvalue weighted by molar-refractivity contribution is -0.216. The number of hydrogen-bond acceptors (Lipinski definition) is 13. The number of carbonyl (C=O) groups is 3. The molecule has 0 aliphatic carbocycles. The Hall–Kier alpha value is -3.01. The van der Waals surface area contributed by atoms with E-state index >= 15 is 0 Å². The first kappa shape index (κ1) is 34.9. The number of anilines is 2. The summed E-state index contributed by atoms with van der Waals surface area (Å²) in [6.07, 6.45) is -3.85. The molecule has 252 valence electrons. The van der Waals surface area contributed by atoms with Gasteiger partial charge in [0.05, 0.1) is 18.3 Å². The van der Waals surface area contributed by atoms with Crippen molar-refractivity contribution >= 4 is 43.9 Å². The number of aromatic nitrogens is 2. The number of rotatable bonds is 2. The van der Waals surface area contributed by atoms with Gasteiger partial charge >= 0.3 is 18.3 Å². The third kappa shape index (κ3) is 7.69. The lowest BCUT2D eigenvalue weighted by atomic mass is 9.82. The number of nitrogens with zero attached hydrogens (tertiary/aromatic N) is 3. The van der Waals surface area contributed by atoms with E-state index in [9.17, 15) is 24.3 Å². The number of nitrogens with one attached hydrogen (secondary N) is 1. The van der Waals surface area contributed by atoms with Crippen LogP contribution in [0.25, 0.3) is 0 Å². The van der Waals surface area contributed by atoms with Crippen LogP contribution in [0, 0.1) is 5.92 Å². The first-order valence-electron chi connectivity index (χ1n) is 14.4. The van der Waals surface area contributed by atoms with Gasteiger partial charge < -0.3 is 37.6 Å². The number of aliphatic hydroxyl groups excluding tert-OH is 1. The van der Waals surface area contributed by atoms with E-state index in [4.69, 9.17) is 32.5 Å². The van der Waals surface area contributed by atoms with Gasteiger partial charge in [0.25, 0.3) is 13.1 Å². The summed E-state index contributed by atoms with van der Waals surface area (Å²) in [6.45, 7) is 14.4. The Kier molecular flexibility index (Phi) is 9.27. The maximum Gasteiger partial charge on any atom is 0.427 e. The SMILES string of the molecule is C=P1(OC)OCC2OC3C(Cc4c(nc(N(C(=O)OC(C)(C)C)C(=O)OC(C)(C)C)[nH]c4=O)N3C(=O)OC(C)(C)C)C(O)C2O1. The van der Waals surface area contributed by atoms with Gasteiger partial charge in [-0.15, -0.1) is 4.90 Å². The highest BCUT2D eigenvalue weighted by atomic mass is 31.2. The summed E-state index contributed by atoms with van der Waals surface area (Å²) in [7, 11) is -1.61. The standard InChI is InChI=1S/C28H43N4O12P/c1-26(2,3)41-23(35)31-19-15(12-14-17(33)18-16(40-21(14)31)13-39-45(11,38-10)44-18)20(34)30-22(29-19)32(24(36)42-27(4,5)6)25(37)43-28(7,8)9/h14,16-18,21,33H,11-13H2,1-10H3,(H,29,30,34). The monoisotopic (exact) mass is 658 g/mol. The van der Waals surface area contributed by atoms with Crippen molar-refractivity contribution in [3.8, 4) is 0 Å². The summed E-state index contributed by atoms with van der Waals surface area (Å²) in [5.74, 6) is -1.71. The van der Waals surface area contributed by atoms with Crippen LogP contribution in [0.1, 0.15) is 67.9 Å². The number of aliphatic hydroxyl groups is 1. The molecule has 4 rings (SSSR count). The molecule has 45 heavy (non-hydrogen) atoms. The van der Waals surface area contributed by atoms with Crippen LogP contribution in [0.4, 0.5) is 26.1 Å². The fourth-order valence-electron chi connectivity index (χ4n) is 4.91. The zero-order valence-electron chi connectivity index (χ0n) is 27.2. The molecule has 0 radical (unpaired) electrons. The van der Waals surface area contributed by atoms with Crippen molar-refractivity contribution in [3.63, 3.8) is 0 Å². The second-order valence-electron chi connectivity index (χ2n) is 13.9. The van der Waals surface area contributed by atoms with Crippen LogP contribution < -0.4 is 15.4 Å². The zero-order chi connectivity index (χ0) is 33.9. The lowest BCUT2D eigenvalue weighted by Crippen LogP contribution is -2.66. The average Bonchev–Trinajstić information content (AvgIpc) is 2.85. The summed E-state index contributed by atoms with van der Waals surface area (Å²) in [5.41, 5.74) is -3.89. The molecule has 0 aromatic carbocycles. The summed E-state index contributed by atoms with van der Waals surface area (Å²) in [5, 5.41) is 11.5. The number of carbonyl (C=O) groups excluding carboxylic acids is 3. The molecule has 0 bridgehead atoms. The van der Waals surface area contributed by atoms with Gasteiger partial charge in [-0.05, 0) is 75.0 Å². The van der Waals surface area contributed by atoms with Crippen LogP contribution >= 0.6 is 7.57 Å². The van der Waals surface area contributed by atoms with E-state index in [1.54, 1.807) is 62.3 Å². The molecule has 1 aromatic heterocycles. The molecule has 2 saturated heterocycles. The molecular formula is C28H43N4O12P. The molecule has 6 unspecified atom stereocenters. The van der Waals surface area contributed by atoms with Crippen LogP contribution in [0.2, 0.25) is 0 Å². The van der Waals surface area contributed by atoms with E-state index in [-0.39, 0.29) is 24.4 Å². The van der Waals surface area contributed by atoms with Crippen molar-refractivity contribution < 1.29 is 52.0 Å². The van der Waals surface area contributed by atoms with E-state index in [0.29, 0.717) is 4.90 Å². The largest absolute Gasteiger partial charge is 0.443 e. The van der Waals surface area contributed by atoms with E-state index in [2.05, 4.69) is 16.3 Å². The molecule has 1 aromatic rings. The Bertz CT molecular complexity index is 1410. The predicted octanol–water partition coefficient (Wildman–Crippen LogP) is 3.70. The third-order valence-corrected chi connectivity index (χ3v) is 8.34. The normalized spacial score (nSPS) is 28.2. The number of ether oxygens (including phenoxy) is 4. The van der Waals surface area contributed by atoms with E-state index in [1.165, 1.54) is 7.11 Å². The maximum atomic E-state index is 13.8. The lowest BCUT2D eigenvalue weighted by Gasteiger charge is -2.52. The Labute approximate surface area is 261 Å². The Balaban J connectivity index is 1.85. The first-order chi connectivity index (χ1) is 20.5. The quantitative estimate of drug-likeness (QED) is 0.346. The molecule has 3 amide bonds. The summed E-state index contributed by atoms with van der Waals surface area (Å²) < 4.78 is 39.6. The second kappa shape index (κ2) is 12.0. The summed E-state index contributed by atoms with van der Waals surface area (Å²) in [6, 6.07) is 0. The molecule has 6 atom stereocenters. The number of amides is 3. The molecule has 2 fully saturated rings. The summed E-state index contributed by atoms with van der Waals surface area (Å²) >= 11 is 0. The first-order valence-corrected chi connectivity index (χ1v) is 16.1. The van der Waals surface area contributed by atoms with Crippen molar-refractivity contribution in [1.82, 2.24) is 9.97 Å². The van der Waals surface area contributed by atoms with E-state index in [1.807, 2.05) is 0 Å². The highest BCUT2D eigenvalue weighted by Crippen LogP contribution is 2.55. The highest BCUT2D eigenvalue weighted by molar-refractivity contribution is 7.59. The Morgan fingerprint density at radius 1 is 1.02 bits per heavy atom. The van der Waals surface area contributed by atoms with Crippen molar-refractivity contribution in [2.75, 3.05) is 23.5 Å². The smallest absolute Gasteiger partial charge is 0.427 e. The van der Waals surface area contributed by atoms with Crippen LogP contribution in [0.15, 0.2) is 4.79 Å². The Morgan fingerprint density at radius 2 is 1.58 bits per heavy atom. The molecule has 4 heterocycles. The molecule has 3 aliphatic rings. The van der Waals surface area contributed by atoms with Gasteiger partial charge in [-0.3, -0.25) is 9.78 Å². The topological polar surface area (TPSA) is 188 Å². The van der Waals surface area contributed by atoms with Gasteiger partial charge in [0.1, 0.15) is 35.2 Å². The van der Waals surface area contributed by atoms with Crippen molar-refractivity contribution in [2.24, 2.45) is 5.92 Å². The van der Waals surface area contributed by atoms with Gasteiger partial charge in [0, 0.05) is 13.0 Å². The maximum absolute atomic E-state index is 13.8. The van der Waals surface area contributed by atoms with Crippen molar-refractivity contribution in [3.05, 3.63) is 15.9 Å². The van der Waals surface area contributed by atoms with Crippen molar-refractivity contribution in [2.45, 2.75) is 110 Å². The molecule has 3 aliphatic heterocycles. The van der Waals surface area contributed by atoms with Crippen molar-refractivity contribution in [1.29, 1.82) is 0 Å². The van der Waals surface area contributed by atoms with Gasteiger partial charge in [0.2, 0.25) is 5.95 Å². The molecule has 17 heteroatoms. The van der Waals surface area contributed by atoms with Crippen LogP contribution in [0.3, 0.4) is 0 Å². The molecular weight excluding hydrogens is 615 g/mol. The fraction of sp³-hybridized carbons (Fsp3) is 0.714. The number of hydrogen-bond donors (Lipinski definition) is 2. The van der Waals surface area contributed by atoms with Crippen LogP contribution in [-0.4, -0.2) is 94.7 Å². The molecule has 2 N–H and O–H groups in total. The minimum absolute atomic E-state index is 0.0326. The number of fused-ring (bicyclic) bond motifs is 3. The van der Waals surface area contributed by atoms with E-state index in [0.717, 1.165) is 4.90 Å². The Morgan fingerprint density at radius 3 is 2.09 bits per heavy atom. The van der Waals surface area contributed by atoms with Crippen LogP contribution in [-0.2, 0) is 38.9 Å². The highest BCUT2D eigenvalue weighted by Gasteiger charge is 2.56. The third-order valence-electron chi connectivity index (χ3n) is 6.68. The van der Waals surface area contributed by atoms with E-state index < -0.39 is 84.6 Å². The average molecular weight is 659 g/mol. The van der Waals surface area contributed by atoms with Crippen LogP contribution in [0.5, 0.6) is 0 Å². The van der Waals surface area contributed by atoms with Gasteiger partial charge in [-0.2, -0.15) is 4.98 Å².